The molecule has 1 saturated heterocycles. The van der Waals surface area contributed by atoms with E-state index in [1.54, 1.807) is 9.58 Å². The molecule has 1 atom stereocenters. The molecule has 0 radical (unpaired) electrons. The lowest BCUT2D eigenvalue weighted by atomic mass is 9.85. The Hall–Kier alpha value is -2.63. The number of likely N-dealkylation sites (tertiary alicyclic amines) is 1. The minimum Gasteiger partial charge on any atom is -0.328 e. The molecule has 2 aromatic rings. The van der Waals surface area contributed by atoms with Crippen molar-refractivity contribution in [3.8, 4) is 0 Å². The van der Waals surface area contributed by atoms with Crippen LogP contribution >= 0.6 is 0 Å². The Labute approximate surface area is 159 Å². The molecule has 6 heteroatoms. The number of benzene rings is 1. The molecule has 0 bridgehead atoms. The number of aryl methyl sites for hydroxylation is 2. The van der Waals surface area contributed by atoms with Crippen LogP contribution in [0.15, 0.2) is 36.4 Å². The van der Waals surface area contributed by atoms with E-state index in [0.29, 0.717) is 37.5 Å². The van der Waals surface area contributed by atoms with Crippen molar-refractivity contribution in [1.82, 2.24) is 14.7 Å². The number of amides is 2. The summed E-state index contributed by atoms with van der Waals surface area (Å²) in [5.74, 6) is 1.14. The summed E-state index contributed by atoms with van der Waals surface area (Å²) in [6.07, 6.45) is 4.14. The van der Waals surface area contributed by atoms with Gasteiger partial charge in [0.1, 0.15) is 11.4 Å². The van der Waals surface area contributed by atoms with Gasteiger partial charge in [-0.3, -0.25) is 14.3 Å². The summed E-state index contributed by atoms with van der Waals surface area (Å²) >= 11 is 0. The van der Waals surface area contributed by atoms with Gasteiger partial charge in [0, 0.05) is 32.0 Å². The van der Waals surface area contributed by atoms with Crippen LogP contribution in [-0.2, 0) is 23.1 Å². The first-order chi connectivity index (χ1) is 13.0. The summed E-state index contributed by atoms with van der Waals surface area (Å²) in [4.78, 5) is 27.3. The third-order valence-electron chi connectivity index (χ3n) is 5.81. The van der Waals surface area contributed by atoms with Gasteiger partial charge in [-0.25, -0.2) is 0 Å². The minimum absolute atomic E-state index is 0.0337. The summed E-state index contributed by atoms with van der Waals surface area (Å²) < 4.78 is 1.72. The fraction of sp³-hybridized carbons (Fsp3) is 0.476. The van der Waals surface area contributed by atoms with Gasteiger partial charge >= 0.3 is 0 Å². The van der Waals surface area contributed by atoms with Crippen LogP contribution in [0.25, 0.3) is 0 Å². The predicted octanol–water partition coefficient (Wildman–Crippen LogP) is 2.86. The van der Waals surface area contributed by atoms with Crippen molar-refractivity contribution in [3.05, 3.63) is 47.7 Å². The number of rotatable bonds is 6. The number of carbonyl (C=O) groups is 2. The van der Waals surface area contributed by atoms with Crippen molar-refractivity contribution in [2.75, 3.05) is 11.9 Å². The first-order valence-corrected chi connectivity index (χ1v) is 9.67. The normalized spacial score (nSPS) is 21.6. The van der Waals surface area contributed by atoms with E-state index in [-0.39, 0.29) is 11.8 Å². The zero-order chi connectivity index (χ0) is 19.0. The van der Waals surface area contributed by atoms with Crippen LogP contribution in [0.3, 0.4) is 0 Å². The molecule has 1 N–H and O–H groups in total. The molecule has 1 aromatic heterocycles. The van der Waals surface area contributed by atoms with Crippen LogP contribution in [0.5, 0.6) is 0 Å². The van der Waals surface area contributed by atoms with E-state index in [1.807, 2.05) is 50.4 Å². The van der Waals surface area contributed by atoms with Crippen LogP contribution < -0.4 is 5.32 Å². The Morgan fingerprint density at radius 1 is 1.26 bits per heavy atom. The molecule has 4 rings (SSSR count). The van der Waals surface area contributed by atoms with Crippen molar-refractivity contribution in [2.24, 2.45) is 7.05 Å². The van der Waals surface area contributed by atoms with E-state index in [2.05, 4.69) is 10.4 Å². The SMILES string of the molecule is Cn1nc(C2CC2)cc1NC(=O)C1(C)CCN1C(=O)CCc1ccccc1. The summed E-state index contributed by atoms with van der Waals surface area (Å²) in [5.41, 5.74) is 1.40. The second-order valence-corrected chi connectivity index (χ2v) is 7.86. The molecule has 2 amide bonds. The van der Waals surface area contributed by atoms with E-state index in [1.165, 1.54) is 12.8 Å². The maximum atomic E-state index is 12.9. The summed E-state index contributed by atoms with van der Waals surface area (Å²) in [6.45, 7) is 2.49. The van der Waals surface area contributed by atoms with Crippen molar-refractivity contribution < 1.29 is 9.59 Å². The number of hydrogen-bond acceptors (Lipinski definition) is 3. The third-order valence-corrected chi connectivity index (χ3v) is 5.81. The first kappa shape index (κ1) is 17.8. The lowest BCUT2D eigenvalue weighted by Gasteiger charge is -2.49. The zero-order valence-corrected chi connectivity index (χ0v) is 15.9. The van der Waals surface area contributed by atoms with Gasteiger partial charge in [0.05, 0.1) is 5.69 Å². The van der Waals surface area contributed by atoms with Gasteiger partial charge in [-0.15, -0.1) is 0 Å². The van der Waals surface area contributed by atoms with Gasteiger partial charge in [0.2, 0.25) is 5.91 Å². The second kappa shape index (κ2) is 6.83. The van der Waals surface area contributed by atoms with Crippen LogP contribution in [0.2, 0.25) is 0 Å². The molecule has 27 heavy (non-hydrogen) atoms. The highest BCUT2D eigenvalue weighted by Crippen LogP contribution is 2.40. The zero-order valence-electron chi connectivity index (χ0n) is 15.9. The molecule has 1 saturated carbocycles. The van der Waals surface area contributed by atoms with Gasteiger partial charge in [0.25, 0.3) is 5.91 Å². The Balaban J connectivity index is 1.38. The average Bonchev–Trinajstić information content (AvgIpc) is 3.44. The standard InChI is InChI=1S/C21H26N4O2/c1-21(20(27)22-18-14-17(16-9-10-16)23-24(18)2)12-13-25(21)19(26)11-8-15-6-4-3-5-7-15/h3-7,14,16H,8-13H2,1-2H3,(H,22,27). The highest BCUT2D eigenvalue weighted by molar-refractivity contribution is 6.01. The molecule has 1 unspecified atom stereocenters. The number of hydrogen-bond donors (Lipinski definition) is 1. The molecule has 1 aliphatic heterocycles. The maximum absolute atomic E-state index is 12.9. The fourth-order valence-electron chi connectivity index (χ4n) is 3.66. The van der Waals surface area contributed by atoms with Crippen molar-refractivity contribution in [2.45, 2.75) is 50.5 Å². The van der Waals surface area contributed by atoms with E-state index in [0.717, 1.165) is 11.3 Å². The number of nitrogens with zero attached hydrogens (tertiary/aromatic N) is 3. The first-order valence-electron chi connectivity index (χ1n) is 9.67. The Kier molecular flexibility index (Phi) is 4.50. The molecular weight excluding hydrogens is 340 g/mol. The van der Waals surface area contributed by atoms with Crippen LogP contribution in [0.4, 0.5) is 5.82 Å². The molecule has 1 aromatic carbocycles. The minimum atomic E-state index is -0.780. The van der Waals surface area contributed by atoms with Crippen LogP contribution in [0.1, 0.15) is 49.8 Å². The fourth-order valence-corrected chi connectivity index (χ4v) is 3.66. The molecule has 2 heterocycles. The lowest BCUT2D eigenvalue weighted by Crippen LogP contribution is -2.66. The Morgan fingerprint density at radius 3 is 2.63 bits per heavy atom. The van der Waals surface area contributed by atoms with Gasteiger partial charge < -0.3 is 10.2 Å². The topological polar surface area (TPSA) is 67.2 Å². The van der Waals surface area contributed by atoms with E-state index in [9.17, 15) is 9.59 Å². The third kappa shape index (κ3) is 3.48. The Bertz CT molecular complexity index is 856. The quantitative estimate of drug-likeness (QED) is 0.855. The van der Waals surface area contributed by atoms with Gasteiger partial charge in [-0.05, 0) is 38.2 Å². The smallest absolute Gasteiger partial charge is 0.251 e. The second-order valence-electron chi connectivity index (χ2n) is 7.86. The highest BCUT2D eigenvalue weighted by atomic mass is 16.2. The summed E-state index contributed by atoms with van der Waals surface area (Å²) in [5, 5.41) is 7.47. The van der Waals surface area contributed by atoms with Crippen molar-refractivity contribution in [3.63, 3.8) is 0 Å². The molecule has 142 valence electrons. The monoisotopic (exact) mass is 366 g/mol. The summed E-state index contributed by atoms with van der Waals surface area (Å²) in [7, 11) is 1.84. The van der Waals surface area contributed by atoms with E-state index < -0.39 is 5.54 Å². The molecule has 2 aliphatic rings. The molecule has 2 fully saturated rings. The number of carbonyl (C=O) groups excluding carboxylic acids is 2. The molecular formula is C21H26N4O2. The van der Waals surface area contributed by atoms with Gasteiger partial charge in [-0.2, -0.15) is 5.10 Å². The maximum Gasteiger partial charge on any atom is 0.251 e. The van der Waals surface area contributed by atoms with Crippen LogP contribution in [0, 0.1) is 0 Å². The summed E-state index contributed by atoms with van der Waals surface area (Å²) in [6, 6.07) is 11.9. The van der Waals surface area contributed by atoms with Crippen LogP contribution in [-0.4, -0.2) is 38.6 Å². The van der Waals surface area contributed by atoms with Gasteiger partial charge in [-0.1, -0.05) is 30.3 Å². The van der Waals surface area contributed by atoms with E-state index in [4.69, 9.17) is 0 Å². The number of aromatic nitrogens is 2. The predicted molar refractivity (Wildman–Crippen MR) is 103 cm³/mol. The van der Waals surface area contributed by atoms with Gasteiger partial charge in [0.15, 0.2) is 0 Å². The average molecular weight is 366 g/mol. The van der Waals surface area contributed by atoms with Crippen molar-refractivity contribution in [1.29, 1.82) is 0 Å². The van der Waals surface area contributed by atoms with E-state index >= 15 is 0 Å². The lowest BCUT2D eigenvalue weighted by molar-refractivity contribution is -0.154. The molecule has 6 nitrogen and oxygen atoms in total. The number of anilines is 1. The van der Waals surface area contributed by atoms with Crippen molar-refractivity contribution >= 4 is 17.6 Å². The number of nitrogens with one attached hydrogen (secondary N) is 1. The molecule has 1 aliphatic carbocycles. The largest absolute Gasteiger partial charge is 0.328 e. The Morgan fingerprint density at radius 2 is 2.00 bits per heavy atom. The highest BCUT2D eigenvalue weighted by Gasteiger charge is 2.49. The molecule has 0 spiro atoms.